The fourth-order valence-corrected chi connectivity index (χ4v) is 3.62. The van der Waals surface area contributed by atoms with Crippen molar-refractivity contribution in [3.05, 3.63) is 49.5 Å². The summed E-state index contributed by atoms with van der Waals surface area (Å²) in [7, 11) is 0. The number of nitrogens with one attached hydrogen (secondary N) is 1. The van der Waals surface area contributed by atoms with Crippen LogP contribution in [0.5, 0.6) is 0 Å². The standard InChI is InChI=1S/C14H14Br2N2OS/c15-10-1-3-11(4-2-10)18-14(19)7-9(8-17)12-5-6-13(16)20-12/h1-6,9H,7-8,17H2,(H,18,19). The lowest BCUT2D eigenvalue weighted by Crippen LogP contribution is -2.20. The van der Waals surface area contributed by atoms with E-state index in [9.17, 15) is 4.79 Å². The fraction of sp³-hybridized carbons (Fsp3) is 0.214. The third-order valence-electron chi connectivity index (χ3n) is 2.84. The van der Waals surface area contributed by atoms with Gasteiger partial charge in [0.25, 0.3) is 0 Å². The van der Waals surface area contributed by atoms with Gasteiger partial charge in [-0.2, -0.15) is 0 Å². The number of benzene rings is 1. The highest BCUT2D eigenvalue weighted by Crippen LogP contribution is 2.30. The van der Waals surface area contributed by atoms with Gasteiger partial charge in [0.15, 0.2) is 0 Å². The molecule has 0 radical (unpaired) electrons. The lowest BCUT2D eigenvalue weighted by Gasteiger charge is -2.13. The van der Waals surface area contributed by atoms with Crippen molar-refractivity contribution in [2.75, 3.05) is 11.9 Å². The van der Waals surface area contributed by atoms with Gasteiger partial charge in [-0.3, -0.25) is 4.79 Å². The molecule has 1 amide bonds. The predicted molar refractivity (Wildman–Crippen MR) is 91.2 cm³/mol. The summed E-state index contributed by atoms with van der Waals surface area (Å²) in [5.74, 6) is 0.0362. The number of rotatable bonds is 5. The summed E-state index contributed by atoms with van der Waals surface area (Å²) in [4.78, 5) is 13.2. The zero-order chi connectivity index (χ0) is 14.5. The second-order valence-corrected chi connectivity index (χ2v) is 7.74. The molecule has 3 N–H and O–H groups in total. The molecule has 0 aliphatic carbocycles. The molecule has 2 rings (SSSR count). The predicted octanol–water partition coefficient (Wildman–Crippen LogP) is 4.34. The van der Waals surface area contributed by atoms with E-state index >= 15 is 0 Å². The van der Waals surface area contributed by atoms with Crippen molar-refractivity contribution in [1.82, 2.24) is 0 Å². The monoisotopic (exact) mass is 416 g/mol. The SMILES string of the molecule is NCC(CC(=O)Nc1ccc(Br)cc1)c1ccc(Br)s1. The van der Waals surface area contributed by atoms with Gasteiger partial charge < -0.3 is 11.1 Å². The van der Waals surface area contributed by atoms with Crippen LogP contribution in [0.15, 0.2) is 44.7 Å². The van der Waals surface area contributed by atoms with Crippen molar-refractivity contribution in [3.63, 3.8) is 0 Å². The molecule has 1 heterocycles. The largest absolute Gasteiger partial charge is 0.330 e. The zero-order valence-electron chi connectivity index (χ0n) is 10.6. The van der Waals surface area contributed by atoms with Gasteiger partial charge in [-0.15, -0.1) is 11.3 Å². The van der Waals surface area contributed by atoms with Gasteiger partial charge in [-0.05, 0) is 52.3 Å². The summed E-state index contributed by atoms with van der Waals surface area (Å²) in [6, 6.07) is 11.5. The lowest BCUT2D eigenvalue weighted by atomic mass is 10.0. The number of carbonyl (C=O) groups excluding carboxylic acids is 1. The molecule has 0 fully saturated rings. The Morgan fingerprint density at radius 1 is 1.20 bits per heavy atom. The average Bonchev–Trinajstić information content (AvgIpc) is 2.85. The van der Waals surface area contributed by atoms with Crippen LogP contribution in [0.2, 0.25) is 0 Å². The first-order valence-corrected chi connectivity index (χ1v) is 8.49. The van der Waals surface area contributed by atoms with E-state index in [1.165, 1.54) is 0 Å². The summed E-state index contributed by atoms with van der Waals surface area (Å²) in [5, 5.41) is 2.89. The molecule has 0 bridgehead atoms. The molecule has 106 valence electrons. The fourth-order valence-electron chi connectivity index (χ4n) is 1.82. The van der Waals surface area contributed by atoms with Gasteiger partial charge in [0.2, 0.25) is 5.91 Å². The van der Waals surface area contributed by atoms with E-state index < -0.39 is 0 Å². The van der Waals surface area contributed by atoms with E-state index in [1.54, 1.807) is 11.3 Å². The number of anilines is 1. The maximum Gasteiger partial charge on any atom is 0.225 e. The minimum atomic E-state index is -0.0210. The van der Waals surface area contributed by atoms with E-state index in [0.717, 1.165) is 18.8 Å². The summed E-state index contributed by atoms with van der Waals surface area (Å²) < 4.78 is 2.04. The third kappa shape index (κ3) is 4.41. The van der Waals surface area contributed by atoms with Crippen LogP contribution in [0.25, 0.3) is 0 Å². The Kier molecular flexibility index (Phi) is 5.77. The number of thiophene rings is 1. The summed E-state index contributed by atoms with van der Waals surface area (Å²) in [5.41, 5.74) is 6.57. The van der Waals surface area contributed by atoms with Crippen molar-refractivity contribution >= 4 is 54.8 Å². The number of carbonyl (C=O) groups is 1. The Balaban J connectivity index is 1.97. The summed E-state index contributed by atoms with van der Waals surface area (Å²) >= 11 is 8.41. The van der Waals surface area contributed by atoms with Gasteiger partial charge in [-0.25, -0.2) is 0 Å². The summed E-state index contributed by atoms with van der Waals surface area (Å²) in [6.45, 7) is 0.459. The minimum absolute atomic E-state index is 0.0210. The van der Waals surface area contributed by atoms with Crippen LogP contribution in [-0.4, -0.2) is 12.5 Å². The molecule has 2 aromatic rings. The van der Waals surface area contributed by atoms with Gasteiger partial charge >= 0.3 is 0 Å². The second kappa shape index (κ2) is 7.36. The number of amides is 1. The Labute approximate surface area is 138 Å². The van der Waals surface area contributed by atoms with Gasteiger partial charge in [0.05, 0.1) is 3.79 Å². The van der Waals surface area contributed by atoms with Gasteiger partial charge in [-0.1, -0.05) is 15.9 Å². The first kappa shape index (κ1) is 15.7. The third-order valence-corrected chi connectivity index (χ3v) is 5.16. The van der Waals surface area contributed by atoms with E-state index in [2.05, 4.69) is 37.2 Å². The van der Waals surface area contributed by atoms with Crippen LogP contribution < -0.4 is 11.1 Å². The maximum absolute atomic E-state index is 12.1. The Hall–Kier alpha value is -0.690. The van der Waals surface area contributed by atoms with Crippen LogP contribution in [0.4, 0.5) is 5.69 Å². The van der Waals surface area contributed by atoms with E-state index in [4.69, 9.17) is 5.73 Å². The molecular formula is C14H14Br2N2OS. The highest BCUT2D eigenvalue weighted by molar-refractivity contribution is 9.11. The normalized spacial score (nSPS) is 12.2. The van der Waals surface area contributed by atoms with Crippen molar-refractivity contribution in [2.24, 2.45) is 5.73 Å². The second-order valence-electron chi connectivity index (χ2n) is 4.33. The molecule has 0 saturated heterocycles. The lowest BCUT2D eigenvalue weighted by molar-refractivity contribution is -0.116. The Morgan fingerprint density at radius 3 is 2.45 bits per heavy atom. The van der Waals surface area contributed by atoms with Crippen molar-refractivity contribution < 1.29 is 4.79 Å². The van der Waals surface area contributed by atoms with Crippen LogP contribution in [0.3, 0.4) is 0 Å². The molecule has 0 spiro atoms. The highest BCUT2D eigenvalue weighted by atomic mass is 79.9. The first-order chi connectivity index (χ1) is 9.58. The molecule has 0 aliphatic rings. The molecule has 20 heavy (non-hydrogen) atoms. The topological polar surface area (TPSA) is 55.1 Å². The molecule has 1 unspecified atom stereocenters. The van der Waals surface area contributed by atoms with Gasteiger partial charge in [0, 0.05) is 33.9 Å². The van der Waals surface area contributed by atoms with Crippen LogP contribution in [0.1, 0.15) is 17.2 Å². The molecule has 6 heteroatoms. The van der Waals surface area contributed by atoms with Crippen molar-refractivity contribution in [2.45, 2.75) is 12.3 Å². The molecule has 1 aromatic carbocycles. The smallest absolute Gasteiger partial charge is 0.225 e. The molecular weight excluding hydrogens is 404 g/mol. The molecule has 0 saturated carbocycles. The van der Waals surface area contributed by atoms with Crippen molar-refractivity contribution in [3.8, 4) is 0 Å². The molecule has 0 aliphatic heterocycles. The van der Waals surface area contributed by atoms with Crippen molar-refractivity contribution in [1.29, 1.82) is 0 Å². The van der Waals surface area contributed by atoms with Crippen LogP contribution in [0, 0.1) is 0 Å². The van der Waals surface area contributed by atoms with E-state index in [0.29, 0.717) is 13.0 Å². The van der Waals surface area contributed by atoms with E-state index in [1.807, 2.05) is 36.4 Å². The highest BCUT2D eigenvalue weighted by Gasteiger charge is 2.16. The molecule has 3 nitrogen and oxygen atoms in total. The number of hydrogen-bond donors (Lipinski definition) is 2. The first-order valence-electron chi connectivity index (χ1n) is 6.09. The summed E-state index contributed by atoms with van der Waals surface area (Å²) in [6.07, 6.45) is 0.388. The van der Waals surface area contributed by atoms with Crippen LogP contribution in [-0.2, 0) is 4.79 Å². The minimum Gasteiger partial charge on any atom is -0.330 e. The zero-order valence-corrected chi connectivity index (χ0v) is 14.6. The average molecular weight is 418 g/mol. The Morgan fingerprint density at radius 2 is 1.90 bits per heavy atom. The maximum atomic E-state index is 12.1. The number of halogens is 2. The van der Waals surface area contributed by atoms with Gasteiger partial charge in [0.1, 0.15) is 0 Å². The molecule has 1 atom stereocenters. The number of hydrogen-bond acceptors (Lipinski definition) is 3. The van der Waals surface area contributed by atoms with Crippen LogP contribution >= 0.6 is 43.2 Å². The Bertz CT molecular complexity index is 583. The van der Waals surface area contributed by atoms with E-state index in [-0.39, 0.29) is 11.8 Å². The number of nitrogens with two attached hydrogens (primary N) is 1. The molecule has 1 aromatic heterocycles. The quantitative estimate of drug-likeness (QED) is 0.759.